The molecule has 1 saturated carbocycles. The summed E-state index contributed by atoms with van der Waals surface area (Å²) in [6.45, 7) is 0.840. The van der Waals surface area contributed by atoms with Crippen LogP contribution >= 0.6 is 11.3 Å². The summed E-state index contributed by atoms with van der Waals surface area (Å²) in [6.07, 6.45) is 4.91. The van der Waals surface area contributed by atoms with Gasteiger partial charge in [-0.1, -0.05) is 0 Å². The van der Waals surface area contributed by atoms with E-state index in [-0.39, 0.29) is 6.10 Å². The molecule has 0 spiro atoms. The van der Waals surface area contributed by atoms with E-state index in [2.05, 4.69) is 10.3 Å². The molecule has 2 rings (SSSR count). The average Bonchev–Trinajstić information content (AvgIpc) is 2.72. The number of aliphatic hydroxyl groups excluding tert-OH is 1. The van der Waals surface area contributed by atoms with Gasteiger partial charge >= 0.3 is 0 Å². The quantitative estimate of drug-likeness (QED) is 0.765. The molecule has 0 saturated heterocycles. The van der Waals surface area contributed by atoms with Gasteiger partial charge in [0, 0.05) is 23.7 Å². The van der Waals surface area contributed by atoms with Gasteiger partial charge in [-0.3, -0.25) is 4.98 Å². The summed E-state index contributed by atoms with van der Waals surface area (Å²) in [5.74, 6) is 0. The van der Waals surface area contributed by atoms with Gasteiger partial charge in [0.1, 0.15) is 0 Å². The molecule has 0 amide bonds. The molecule has 72 valence electrons. The second kappa shape index (κ2) is 4.17. The lowest BCUT2D eigenvalue weighted by Crippen LogP contribution is -2.34. The number of hydrogen-bond donors (Lipinski definition) is 2. The molecule has 0 unspecified atom stereocenters. The largest absolute Gasteiger partial charge is 0.392 e. The molecular weight excluding hydrogens is 184 g/mol. The van der Waals surface area contributed by atoms with Crippen LogP contribution in [0.4, 0.5) is 0 Å². The highest BCUT2D eigenvalue weighted by Crippen LogP contribution is 2.19. The molecule has 2 atom stereocenters. The van der Waals surface area contributed by atoms with Crippen molar-refractivity contribution >= 4 is 11.3 Å². The van der Waals surface area contributed by atoms with Crippen LogP contribution in [0.25, 0.3) is 0 Å². The number of nitrogens with zero attached hydrogens (tertiary/aromatic N) is 1. The van der Waals surface area contributed by atoms with E-state index in [0.29, 0.717) is 6.04 Å². The summed E-state index contributed by atoms with van der Waals surface area (Å²) in [6, 6.07) is 0.294. The van der Waals surface area contributed by atoms with Crippen molar-refractivity contribution in [3.63, 3.8) is 0 Å². The van der Waals surface area contributed by atoms with Crippen molar-refractivity contribution in [3.8, 4) is 0 Å². The van der Waals surface area contributed by atoms with Gasteiger partial charge in [0.15, 0.2) is 0 Å². The van der Waals surface area contributed by atoms with Crippen molar-refractivity contribution in [2.75, 3.05) is 0 Å². The molecule has 2 N–H and O–H groups in total. The maximum Gasteiger partial charge on any atom is 0.0794 e. The minimum atomic E-state index is -0.145. The summed E-state index contributed by atoms with van der Waals surface area (Å²) in [5.41, 5.74) is 1.84. The molecule has 1 aromatic rings. The number of nitrogens with one attached hydrogen (secondary N) is 1. The van der Waals surface area contributed by atoms with Crippen LogP contribution in [0.15, 0.2) is 11.7 Å². The van der Waals surface area contributed by atoms with Gasteiger partial charge in [-0.25, -0.2) is 0 Å². The summed E-state index contributed by atoms with van der Waals surface area (Å²) in [5, 5.41) is 12.9. The van der Waals surface area contributed by atoms with Crippen LogP contribution in [-0.4, -0.2) is 22.2 Å². The first-order valence-corrected chi connectivity index (χ1v) is 5.53. The van der Waals surface area contributed by atoms with Crippen LogP contribution in [0, 0.1) is 0 Å². The second-order valence-corrected chi connectivity index (χ2v) is 4.42. The fourth-order valence-electron chi connectivity index (χ4n) is 1.74. The molecule has 4 heteroatoms. The maximum atomic E-state index is 9.54. The van der Waals surface area contributed by atoms with E-state index in [1.807, 2.05) is 11.7 Å². The van der Waals surface area contributed by atoms with E-state index in [1.165, 1.54) is 4.88 Å². The van der Waals surface area contributed by atoms with Crippen LogP contribution in [0.2, 0.25) is 0 Å². The second-order valence-electron chi connectivity index (χ2n) is 3.45. The predicted molar refractivity (Wildman–Crippen MR) is 52.6 cm³/mol. The third-order valence-electron chi connectivity index (χ3n) is 2.50. The zero-order chi connectivity index (χ0) is 9.10. The van der Waals surface area contributed by atoms with Crippen LogP contribution in [0.1, 0.15) is 24.1 Å². The molecule has 1 aliphatic rings. The topological polar surface area (TPSA) is 45.1 Å². The monoisotopic (exact) mass is 198 g/mol. The van der Waals surface area contributed by atoms with Crippen molar-refractivity contribution in [1.82, 2.24) is 10.3 Å². The molecule has 0 aromatic carbocycles. The van der Waals surface area contributed by atoms with E-state index < -0.39 is 0 Å². The highest BCUT2D eigenvalue weighted by molar-refractivity contribution is 7.09. The molecule has 1 aromatic heterocycles. The highest BCUT2D eigenvalue weighted by Gasteiger charge is 2.24. The predicted octanol–water partition coefficient (Wildman–Crippen LogP) is 1.15. The van der Waals surface area contributed by atoms with Crippen LogP contribution in [0.3, 0.4) is 0 Å². The van der Waals surface area contributed by atoms with E-state index in [9.17, 15) is 5.11 Å². The maximum absolute atomic E-state index is 9.54. The van der Waals surface area contributed by atoms with Gasteiger partial charge in [0.05, 0.1) is 11.6 Å². The Morgan fingerprint density at radius 2 is 2.54 bits per heavy atom. The first-order valence-electron chi connectivity index (χ1n) is 4.65. The Labute approximate surface area is 81.8 Å². The van der Waals surface area contributed by atoms with Gasteiger partial charge in [-0.2, -0.15) is 0 Å². The summed E-state index contributed by atoms with van der Waals surface area (Å²) < 4.78 is 0. The number of thiazole rings is 1. The summed E-state index contributed by atoms with van der Waals surface area (Å²) in [7, 11) is 0. The molecule has 1 aliphatic carbocycles. The highest BCUT2D eigenvalue weighted by atomic mass is 32.1. The van der Waals surface area contributed by atoms with Gasteiger partial charge in [-0.15, -0.1) is 11.3 Å². The zero-order valence-corrected chi connectivity index (χ0v) is 8.26. The fourth-order valence-corrected chi connectivity index (χ4v) is 2.29. The Hall–Kier alpha value is -0.450. The molecule has 1 fully saturated rings. The van der Waals surface area contributed by atoms with Crippen molar-refractivity contribution in [2.45, 2.75) is 38.0 Å². The third-order valence-corrected chi connectivity index (χ3v) is 3.28. The van der Waals surface area contributed by atoms with Gasteiger partial charge in [0.25, 0.3) is 0 Å². The molecule has 0 radical (unpaired) electrons. The molecule has 1 heterocycles. The standard InChI is InChI=1S/C9H14N2OS/c12-9-3-1-2-8(9)11-5-7-4-10-6-13-7/h4,6,8-9,11-12H,1-3,5H2/t8-,9-/m1/s1. The first kappa shape index (κ1) is 9.12. The molecule has 0 aliphatic heterocycles. The minimum Gasteiger partial charge on any atom is -0.392 e. The van der Waals surface area contributed by atoms with Crippen LogP contribution in [0.5, 0.6) is 0 Å². The van der Waals surface area contributed by atoms with Crippen molar-refractivity contribution < 1.29 is 5.11 Å². The Kier molecular flexibility index (Phi) is 2.93. The first-order chi connectivity index (χ1) is 6.36. The Bertz CT molecular complexity index is 250. The lowest BCUT2D eigenvalue weighted by molar-refractivity contribution is 0.149. The molecular formula is C9H14N2OS. The van der Waals surface area contributed by atoms with E-state index in [1.54, 1.807) is 11.3 Å². The Balaban J connectivity index is 1.79. The lowest BCUT2D eigenvalue weighted by Gasteiger charge is -2.15. The van der Waals surface area contributed by atoms with Gasteiger partial charge in [0.2, 0.25) is 0 Å². The van der Waals surface area contributed by atoms with Crippen molar-refractivity contribution in [2.24, 2.45) is 0 Å². The third kappa shape index (κ3) is 2.27. The number of rotatable bonds is 3. The smallest absolute Gasteiger partial charge is 0.0794 e. The molecule has 0 bridgehead atoms. The summed E-state index contributed by atoms with van der Waals surface area (Å²) in [4.78, 5) is 5.24. The number of aromatic nitrogens is 1. The minimum absolute atomic E-state index is 0.145. The number of aliphatic hydroxyl groups is 1. The summed E-state index contributed by atoms with van der Waals surface area (Å²) >= 11 is 1.65. The Morgan fingerprint density at radius 1 is 1.62 bits per heavy atom. The van der Waals surface area contributed by atoms with Gasteiger partial charge < -0.3 is 10.4 Å². The Morgan fingerprint density at radius 3 is 3.15 bits per heavy atom. The molecule has 3 nitrogen and oxygen atoms in total. The van der Waals surface area contributed by atoms with Gasteiger partial charge in [-0.05, 0) is 19.3 Å². The zero-order valence-electron chi connectivity index (χ0n) is 7.44. The SMILES string of the molecule is O[C@@H]1CCC[C@H]1NCc1cncs1. The number of hydrogen-bond acceptors (Lipinski definition) is 4. The van der Waals surface area contributed by atoms with E-state index >= 15 is 0 Å². The average molecular weight is 198 g/mol. The fraction of sp³-hybridized carbons (Fsp3) is 0.667. The molecule has 13 heavy (non-hydrogen) atoms. The lowest BCUT2D eigenvalue weighted by atomic mass is 10.2. The van der Waals surface area contributed by atoms with Crippen molar-refractivity contribution in [1.29, 1.82) is 0 Å². The van der Waals surface area contributed by atoms with E-state index in [0.717, 1.165) is 25.8 Å². The van der Waals surface area contributed by atoms with Crippen molar-refractivity contribution in [3.05, 3.63) is 16.6 Å². The van der Waals surface area contributed by atoms with E-state index in [4.69, 9.17) is 0 Å². The van der Waals surface area contributed by atoms with Crippen LogP contribution in [-0.2, 0) is 6.54 Å². The van der Waals surface area contributed by atoms with Crippen LogP contribution < -0.4 is 5.32 Å². The normalized spacial score (nSPS) is 28.1.